The predicted octanol–water partition coefficient (Wildman–Crippen LogP) is 2.84. The van der Waals surface area contributed by atoms with E-state index in [0.29, 0.717) is 17.4 Å². The Bertz CT molecular complexity index is 563. The number of carboxylic acid groups (broad SMARTS) is 2. The maximum absolute atomic E-state index is 12.0. The summed E-state index contributed by atoms with van der Waals surface area (Å²) in [5, 5.41) is 19.4. The molecule has 0 aliphatic rings. The van der Waals surface area contributed by atoms with Crippen molar-refractivity contribution in [2.75, 3.05) is 27.7 Å². The topological polar surface area (TPSA) is 104 Å². The summed E-state index contributed by atoms with van der Waals surface area (Å²) in [5.74, 6) is -2.30. The first kappa shape index (κ1) is 27.8. The third kappa shape index (κ3) is 20.6. The molecule has 0 fully saturated rings. The summed E-state index contributed by atoms with van der Waals surface area (Å²) in [5.41, 5.74) is 0. The molecule has 7 nitrogen and oxygen atoms in total. The number of nitrogens with zero attached hydrogens (tertiary/aromatic N) is 1. The highest BCUT2D eigenvalue weighted by molar-refractivity contribution is 5.70. The molecule has 0 amide bonds. The van der Waals surface area contributed by atoms with E-state index in [4.69, 9.17) is 9.84 Å². The summed E-state index contributed by atoms with van der Waals surface area (Å²) in [6, 6.07) is 0. The number of esters is 1. The predicted molar refractivity (Wildman–Crippen MR) is 114 cm³/mol. The molecule has 0 aliphatic heterocycles. The van der Waals surface area contributed by atoms with E-state index in [-0.39, 0.29) is 25.2 Å². The monoisotopic (exact) mass is 425 g/mol. The Balaban J connectivity index is 3.80. The summed E-state index contributed by atoms with van der Waals surface area (Å²) < 4.78 is 5.83. The Labute approximate surface area is 181 Å². The number of allylic oxidation sites excluding steroid dienone is 4. The molecule has 0 aliphatic carbocycles. The minimum atomic E-state index is -1.21. The number of carbonyl (C=O) groups excluding carboxylic acids is 2. The Morgan fingerprint density at radius 2 is 1.47 bits per heavy atom. The number of rotatable bonds is 18. The van der Waals surface area contributed by atoms with E-state index < -0.39 is 18.0 Å². The van der Waals surface area contributed by atoms with Gasteiger partial charge in [-0.05, 0) is 44.9 Å². The van der Waals surface area contributed by atoms with E-state index in [0.717, 1.165) is 44.9 Å². The van der Waals surface area contributed by atoms with E-state index >= 15 is 0 Å². The van der Waals surface area contributed by atoms with Crippen LogP contribution in [0, 0.1) is 0 Å². The zero-order valence-corrected chi connectivity index (χ0v) is 18.8. The van der Waals surface area contributed by atoms with Gasteiger partial charge < -0.3 is 24.2 Å². The maximum atomic E-state index is 12.0. The summed E-state index contributed by atoms with van der Waals surface area (Å²) >= 11 is 0. The second-order valence-corrected chi connectivity index (χ2v) is 8.58. The van der Waals surface area contributed by atoms with Crippen molar-refractivity contribution < 1.29 is 33.8 Å². The lowest BCUT2D eigenvalue weighted by Gasteiger charge is -2.29. The second kappa shape index (κ2) is 16.6. The van der Waals surface area contributed by atoms with E-state index in [1.54, 1.807) is 0 Å². The molecule has 0 saturated heterocycles. The van der Waals surface area contributed by atoms with Gasteiger partial charge >= 0.3 is 11.9 Å². The van der Waals surface area contributed by atoms with Gasteiger partial charge in [-0.1, -0.05) is 30.7 Å². The van der Waals surface area contributed by atoms with Crippen LogP contribution in [0.2, 0.25) is 0 Å². The number of ether oxygens (including phenoxy) is 1. The lowest BCUT2D eigenvalue weighted by atomic mass is 10.1. The average molecular weight is 426 g/mol. The molecule has 1 unspecified atom stereocenters. The first-order valence-electron chi connectivity index (χ1n) is 10.8. The van der Waals surface area contributed by atoms with Gasteiger partial charge in [0, 0.05) is 25.2 Å². The van der Waals surface area contributed by atoms with Gasteiger partial charge in [-0.15, -0.1) is 0 Å². The lowest BCUT2D eigenvalue weighted by molar-refractivity contribution is -0.873. The third-order valence-electron chi connectivity index (χ3n) is 4.31. The Morgan fingerprint density at radius 3 is 2.00 bits per heavy atom. The molecule has 0 heterocycles. The molecule has 0 rings (SSSR count). The van der Waals surface area contributed by atoms with Crippen LogP contribution in [0.4, 0.5) is 0 Å². The number of aliphatic carboxylic acids is 2. The molecular formula is C23H39NO6. The Kier molecular flexibility index (Phi) is 15.4. The van der Waals surface area contributed by atoms with Gasteiger partial charge in [0.25, 0.3) is 0 Å². The van der Waals surface area contributed by atoms with Crippen molar-refractivity contribution >= 4 is 17.9 Å². The number of carboxylic acids is 2. The molecule has 172 valence electrons. The number of carbonyl (C=O) groups is 3. The highest BCUT2D eigenvalue weighted by atomic mass is 16.5. The average Bonchev–Trinajstić information content (AvgIpc) is 2.59. The maximum Gasteiger partial charge on any atom is 0.306 e. The van der Waals surface area contributed by atoms with Crippen molar-refractivity contribution in [3.05, 3.63) is 24.3 Å². The molecule has 0 aromatic heterocycles. The van der Waals surface area contributed by atoms with Crippen molar-refractivity contribution in [3.8, 4) is 0 Å². The van der Waals surface area contributed by atoms with Crippen LogP contribution in [-0.4, -0.2) is 61.3 Å². The van der Waals surface area contributed by atoms with Gasteiger partial charge in [-0.25, -0.2) is 0 Å². The van der Waals surface area contributed by atoms with E-state index in [2.05, 4.69) is 24.3 Å². The lowest BCUT2D eigenvalue weighted by Crippen LogP contribution is -2.45. The fourth-order valence-electron chi connectivity index (χ4n) is 2.94. The highest BCUT2D eigenvalue weighted by Crippen LogP contribution is 2.09. The standard InChI is InChI=1S/C23H39NO6/c1-24(2,3)19-20(18-22(27)28)30-23(29)17-15-13-11-9-7-5-4-6-8-10-12-14-16-21(25)26/h4,6-7,9,20H,5,8,10-19H2,1-3H3,(H-,25,26,27,28)/b6-4+,9-7+. The van der Waals surface area contributed by atoms with E-state index in [1.165, 1.54) is 0 Å². The SMILES string of the molecule is C[N+](C)(C)CC(CC(=O)[O-])OC(=O)CCCC/C=C/C/C=C/CCCCCC(=O)O. The van der Waals surface area contributed by atoms with Crippen LogP contribution in [-0.2, 0) is 19.1 Å². The molecule has 1 N–H and O–H groups in total. The number of quaternary nitrogens is 1. The second-order valence-electron chi connectivity index (χ2n) is 8.58. The number of unbranched alkanes of at least 4 members (excludes halogenated alkanes) is 5. The van der Waals surface area contributed by atoms with Gasteiger partial charge in [-0.2, -0.15) is 0 Å². The van der Waals surface area contributed by atoms with Gasteiger partial charge in [0.15, 0.2) is 6.10 Å². The minimum Gasteiger partial charge on any atom is -0.550 e. The van der Waals surface area contributed by atoms with Crippen molar-refractivity contribution in [1.82, 2.24) is 0 Å². The van der Waals surface area contributed by atoms with Crippen molar-refractivity contribution in [2.24, 2.45) is 0 Å². The van der Waals surface area contributed by atoms with Crippen molar-refractivity contribution in [1.29, 1.82) is 0 Å². The first-order chi connectivity index (χ1) is 14.1. The smallest absolute Gasteiger partial charge is 0.306 e. The van der Waals surface area contributed by atoms with Gasteiger partial charge in [-0.3, -0.25) is 9.59 Å². The van der Waals surface area contributed by atoms with Crippen LogP contribution < -0.4 is 5.11 Å². The highest BCUT2D eigenvalue weighted by Gasteiger charge is 2.22. The quantitative estimate of drug-likeness (QED) is 0.157. The summed E-state index contributed by atoms with van der Waals surface area (Å²) in [6.07, 6.45) is 15.0. The summed E-state index contributed by atoms with van der Waals surface area (Å²) in [4.78, 5) is 33.2. The van der Waals surface area contributed by atoms with Crippen LogP contribution in [0.3, 0.4) is 0 Å². The Hall–Kier alpha value is -2.15. The van der Waals surface area contributed by atoms with E-state index in [9.17, 15) is 19.5 Å². The number of likely N-dealkylation sites (N-methyl/N-ethyl adjacent to an activating group) is 1. The van der Waals surface area contributed by atoms with Crippen LogP contribution >= 0.6 is 0 Å². The van der Waals surface area contributed by atoms with Crippen LogP contribution in [0.15, 0.2) is 24.3 Å². The largest absolute Gasteiger partial charge is 0.550 e. The minimum absolute atomic E-state index is 0.251. The van der Waals surface area contributed by atoms with Crippen LogP contribution in [0.5, 0.6) is 0 Å². The molecule has 0 bridgehead atoms. The molecule has 0 spiro atoms. The van der Waals surface area contributed by atoms with Gasteiger partial charge in [0.05, 0.1) is 21.1 Å². The fourth-order valence-corrected chi connectivity index (χ4v) is 2.94. The molecule has 0 saturated carbocycles. The number of hydrogen-bond acceptors (Lipinski definition) is 5. The third-order valence-corrected chi connectivity index (χ3v) is 4.31. The molecule has 0 aromatic carbocycles. The van der Waals surface area contributed by atoms with Crippen molar-refractivity contribution in [3.63, 3.8) is 0 Å². The normalized spacial score (nSPS) is 13.0. The molecule has 0 aromatic rings. The molecule has 1 atom stereocenters. The van der Waals surface area contributed by atoms with Gasteiger partial charge in [0.2, 0.25) is 0 Å². The van der Waals surface area contributed by atoms with Crippen LogP contribution in [0.1, 0.15) is 70.6 Å². The number of hydrogen-bond donors (Lipinski definition) is 1. The van der Waals surface area contributed by atoms with E-state index in [1.807, 2.05) is 21.1 Å². The molecule has 30 heavy (non-hydrogen) atoms. The van der Waals surface area contributed by atoms with Crippen molar-refractivity contribution in [2.45, 2.75) is 76.7 Å². The zero-order chi connectivity index (χ0) is 22.8. The zero-order valence-electron chi connectivity index (χ0n) is 18.8. The summed E-state index contributed by atoms with van der Waals surface area (Å²) in [6.45, 7) is 0.429. The molecule has 7 heteroatoms. The molecule has 0 radical (unpaired) electrons. The fraction of sp³-hybridized carbons (Fsp3) is 0.696. The molecular weight excluding hydrogens is 386 g/mol. The summed E-state index contributed by atoms with van der Waals surface area (Å²) in [7, 11) is 5.75. The van der Waals surface area contributed by atoms with Crippen LogP contribution in [0.25, 0.3) is 0 Å². The first-order valence-corrected chi connectivity index (χ1v) is 10.8. The Morgan fingerprint density at radius 1 is 0.900 bits per heavy atom. The van der Waals surface area contributed by atoms with Gasteiger partial charge in [0.1, 0.15) is 6.54 Å².